The fourth-order valence-corrected chi connectivity index (χ4v) is 1.68. The fourth-order valence-electron chi connectivity index (χ4n) is 1.68. The number of nitrogens with zero attached hydrogens (tertiary/aromatic N) is 5. The van der Waals surface area contributed by atoms with Crippen LogP contribution in [0.2, 0.25) is 0 Å². The van der Waals surface area contributed by atoms with Crippen LogP contribution in [0, 0.1) is 0 Å². The molecule has 0 unspecified atom stereocenters. The summed E-state index contributed by atoms with van der Waals surface area (Å²) in [6, 6.07) is 8.01. The van der Waals surface area contributed by atoms with E-state index in [1.807, 2.05) is 57.5 Å². The number of rotatable bonds is 3. The maximum Gasteiger partial charge on any atom is 0.162 e. The summed E-state index contributed by atoms with van der Waals surface area (Å²) in [4.78, 5) is 2.06. The van der Waals surface area contributed by atoms with E-state index < -0.39 is 0 Å². The van der Waals surface area contributed by atoms with Gasteiger partial charge in [0.15, 0.2) is 5.82 Å². The molecule has 1 aliphatic rings. The highest BCUT2D eigenvalue weighted by molar-refractivity contribution is 5.51. The number of likely N-dealkylation sites (N-methyl/N-ethyl adjacent to an activating group) is 1. The summed E-state index contributed by atoms with van der Waals surface area (Å²) >= 11 is 0. The Labute approximate surface area is 108 Å². The second-order valence-corrected chi connectivity index (χ2v) is 4.54. The molecule has 0 amide bonds. The smallest absolute Gasteiger partial charge is 0.162 e. The second kappa shape index (κ2) is 5.18. The van der Waals surface area contributed by atoms with Crippen LogP contribution in [0.4, 0.5) is 11.4 Å². The minimum atomic E-state index is 0.865. The molecule has 5 nitrogen and oxygen atoms in total. The normalized spacial score (nSPS) is 16.4. The molecule has 0 N–H and O–H groups in total. The van der Waals surface area contributed by atoms with E-state index in [2.05, 4.69) is 26.2 Å². The first kappa shape index (κ1) is 12.6. The Hall–Kier alpha value is -1.88. The van der Waals surface area contributed by atoms with Crippen molar-refractivity contribution in [2.75, 3.05) is 39.6 Å². The zero-order valence-corrected chi connectivity index (χ0v) is 11.3. The van der Waals surface area contributed by atoms with Gasteiger partial charge >= 0.3 is 0 Å². The third kappa shape index (κ3) is 2.68. The van der Waals surface area contributed by atoms with E-state index in [1.165, 1.54) is 0 Å². The van der Waals surface area contributed by atoms with Gasteiger partial charge in [0, 0.05) is 40.4 Å². The largest absolute Gasteiger partial charge is 0.378 e. The first-order valence-corrected chi connectivity index (χ1v) is 5.92. The van der Waals surface area contributed by atoms with E-state index >= 15 is 0 Å². The summed E-state index contributed by atoms with van der Waals surface area (Å²) in [7, 11) is 8.03. The van der Waals surface area contributed by atoms with E-state index in [0.717, 1.165) is 23.7 Å². The molecule has 5 heteroatoms. The maximum atomic E-state index is 4.26. The lowest BCUT2D eigenvalue weighted by Gasteiger charge is -2.21. The molecule has 0 aliphatic carbocycles. The zero-order valence-electron chi connectivity index (χ0n) is 11.3. The summed E-state index contributed by atoms with van der Waals surface area (Å²) in [6.45, 7) is 0.879. The van der Waals surface area contributed by atoms with Crippen LogP contribution in [-0.2, 0) is 0 Å². The van der Waals surface area contributed by atoms with Crippen molar-refractivity contribution in [1.82, 2.24) is 10.0 Å². The van der Waals surface area contributed by atoms with Gasteiger partial charge in [0.2, 0.25) is 0 Å². The van der Waals surface area contributed by atoms with E-state index in [0.29, 0.717) is 0 Å². The van der Waals surface area contributed by atoms with Gasteiger partial charge in [-0.15, -0.1) is 10.2 Å². The van der Waals surface area contributed by atoms with Crippen molar-refractivity contribution >= 4 is 11.4 Å². The molecule has 0 atom stereocenters. The van der Waals surface area contributed by atoms with Gasteiger partial charge in [0.25, 0.3) is 0 Å². The predicted octanol–water partition coefficient (Wildman–Crippen LogP) is 2.47. The Kier molecular flexibility index (Phi) is 3.62. The van der Waals surface area contributed by atoms with Crippen LogP contribution < -0.4 is 4.90 Å². The summed E-state index contributed by atoms with van der Waals surface area (Å²) in [5.41, 5.74) is 2.02. The number of hydrogen-bond acceptors (Lipinski definition) is 5. The third-order valence-corrected chi connectivity index (χ3v) is 3.02. The molecule has 2 rings (SSSR count). The molecule has 0 aromatic heterocycles. The van der Waals surface area contributed by atoms with Crippen LogP contribution >= 0.6 is 0 Å². The maximum absolute atomic E-state index is 4.26. The Morgan fingerprint density at radius 3 is 2.22 bits per heavy atom. The molecular weight excluding hydrogens is 226 g/mol. The van der Waals surface area contributed by atoms with Gasteiger partial charge in [-0.3, -0.25) is 5.01 Å². The van der Waals surface area contributed by atoms with E-state index in [4.69, 9.17) is 0 Å². The summed E-state index contributed by atoms with van der Waals surface area (Å²) in [6.07, 6.45) is 2.05. The Morgan fingerprint density at radius 2 is 1.72 bits per heavy atom. The second-order valence-electron chi connectivity index (χ2n) is 4.54. The Bertz CT molecular complexity index is 461. The summed E-state index contributed by atoms with van der Waals surface area (Å²) < 4.78 is 0. The molecule has 1 heterocycles. The molecule has 0 saturated heterocycles. The number of anilines is 1. The topological polar surface area (TPSA) is 34.4 Å². The van der Waals surface area contributed by atoms with Crippen molar-refractivity contribution in [3.05, 3.63) is 36.2 Å². The lowest BCUT2D eigenvalue weighted by molar-refractivity contribution is 0.100. The SMILES string of the molecule is CN(C)c1ccc(N=NC2=CCN(C)N2C)cc1. The molecule has 0 saturated carbocycles. The monoisotopic (exact) mass is 245 g/mol. The van der Waals surface area contributed by atoms with Crippen molar-refractivity contribution in [3.63, 3.8) is 0 Å². The van der Waals surface area contributed by atoms with E-state index in [1.54, 1.807) is 0 Å². The average molecular weight is 245 g/mol. The highest BCUT2D eigenvalue weighted by atomic mass is 15.6. The lowest BCUT2D eigenvalue weighted by atomic mass is 10.3. The van der Waals surface area contributed by atoms with Crippen molar-refractivity contribution in [3.8, 4) is 0 Å². The van der Waals surface area contributed by atoms with Crippen LogP contribution in [-0.4, -0.2) is 44.8 Å². The summed E-state index contributed by atoms with van der Waals surface area (Å²) in [5.74, 6) is 0.884. The van der Waals surface area contributed by atoms with Crippen molar-refractivity contribution in [1.29, 1.82) is 0 Å². The molecule has 1 aromatic carbocycles. The Balaban J connectivity index is 2.06. The minimum Gasteiger partial charge on any atom is -0.378 e. The molecule has 96 valence electrons. The Morgan fingerprint density at radius 1 is 1.06 bits per heavy atom. The molecule has 0 bridgehead atoms. The van der Waals surface area contributed by atoms with Crippen LogP contribution in [0.25, 0.3) is 0 Å². The molecule has 1 aliphatic heterocycles. The van der Waals surface area contributed by atoms with Gasteiger partial charge in [0.1, 0.15) is 0 Å². The number of azo groups is 1. The first-order chi connectivity index (χ1) is 8.58. The van der Waals surface area contributed by atoms with Crippen molar-refractivity contribution < 1.29 is 0 Å². The van der Waals surface area contributed by atoms with Gasteiger partial charge < -0.3 is 4.90 Å². The van der Waals surface area contributed by atoms with E-state index in [-0.39, 0.29) is 0 Å². The molecule has 0 fully saturated rings. The minimum absolute atomic E-state index is 0.865. The first-order valence-electron chi connectivity index (χ1n) is 5.92. The molecule has 1 aromatic rings. The molecular formula is C13H19N5. The van der Waals surface area contributed by atoms with Crippen LogP contribution in [0.15, 0.2) is 46.4 Å². The van der Waals surface area contributed by atoms with Crippen molar-refractivity contribution in [2.45, 2.75) is 0 Å². The van der Waals surface area contributed by atoms with Crippen LogP contribution in [0.5, 0.6) is 0 Å². The van der Waals surface area contributed by atoms with Gasteiger partial charge in [-0.25, -0.2) is 5.01 Å². The van der Waals surface area contributed by atoms with Crippen LogP contribution in [0.1, 0.15) is 0 Å². The molecule has 0 radical (unpaired) electrons. The van der Waals surface area contributed by atoms with Crippen molar-refractivity contribution in [2.24, 2.45) is 10.2 Å². The standard InChI is InChI=1S/C13H19N5/c1-16(2)12-7-5-11(6-8-12)14-15-13-9-10-17(3)18(13)4/h5-9H,10H2,1-4H3. The highest BCUT2D eigenvalue weighted by Crippen LogP contribution is 2.21. The van der Waals surface area contributed by atoms with Gasteiger partial charge in [-0.1, -0.05) is 0 Å². The zero-order chi connectivity index (χ0) is 13.1. The third-order valence-electron chi connectivity index (χ3n) is 3.02. The number of hydrazine groups is 1. The van der Waals surface area contributed by atoms with Gasteiger partial charge in [-0.2, -0.15) is 0 Å². The van der Waals surface area contributed by atoms with Gasteiger partial charge in [0.05, 0.1) is 5.69 Å². The van der Waals surface area contributed by atoms with E-state index in [9.17, 15) is 0 Å². The lowest BCUT2D eigenvalue weighted by Crippen LogP contribution is -2.29. The predicted molar refractivity (Wildman–Crippen MR) is 73.8 cm³/mol. The molecule has 0 spiro atoms. The quantitative estimate of drug-likeness (QED) is 0.767. The number of benzene rings is 1. The highest BCUT2D eigenvalue weighted by Gasteiger charge is 2.15. The van der Waals surface area contributed by atoms with Gasteiger partial charge in [-0.05, 0) is 30.3 Å². The summed E-state index contributed by atoms with van der Waals surface area (Å²) in [5, 5.41) is 12.6. The van der Waals surface area contributed by atoms with Crippen LogP contribution in [0.3, 0.4) is 0 Å². The molecule has 18 heavy (non-hydrogen) atoms. The fraction of sp³-hybridized carbons (Fsp3) is 0.385. The average Bonchev–Trinajstić information content (AvgIpc) is 2.68. The number of hydrogen-bond donors (Lipinski definition) is 0.